The van der Waals surface area contributed by atoms with Gasteiger partial charge < -0.3 is 43.6 Å². The molecule has 0 radical (unpaired) electrons. The first-order valence-electron chi connectivity index (χ1n) is 22.1. The van der Waals surface area contributed by atoms with Gasteiger partial charge in [0.25, 0.3) is 0 Å². The van der Waals surface area contributed by atoms with Crippen LogP contribution in [-0.2, 0) is 19.0 Å². The van der Waals surface area contributed by atoms with Crippen LogP contribution in [0.25, 0.3) is 11.1 Å². The molecule has 1 saturated carbocycles. The Hall–Kier alpha value is -4.94. The topological polar surface area (TPSA) is 129 Å². The van der Waals surface area contributed by atoms with E-state index in [9.17, 15) is 15.0 Å². The van der Waals surface area contributed by atoms with Crippen LogP contribution >= 0.6 is 0 Å². The zero-order valence-corrected chi connectivity index (χ0v) is 35.5. The van der Waals surface area contributed by atoms with E-state index in [1.807, 2.05) is 42.5 Å². The number of unbranched alkanes of at least 4 members (excludes halogenated alkanes) is 2. The number of aliphatic hydroxyl groups excluding tert-OH is 2. The minimum atomic E-state index is -1.38. The quantitative estimate of drug-likeness (QED) is 0.0650. The van der Waals surface area contributed by atoms with E-state index in [-0.39, 0.29) is 50.6 Å². The molecule has 7 atom stereocenters. The number of benzene rings is 3. The second-order valence-electron chi connectivity index (χ2n) is 16.5. The summed E-state index contributed by atoms with van der Waals surface area (Å²) in [6.07, 6.45) is 12.9. The highest BCUT2D eigenvalue weighted by atomic mass is 16.8. The molecule has 2 fully saturated rings. The summed E-state index contributed by atoms with van der Waals surface area (Å²) in [7, 11) is 1.73. The van der Waals surface area contributed by atoms with Crippen molar-refractivity contribution in [3.05, 3.63) is 115 Å². The van der Waals surface area contributed by atoms with Crippen molar-refractivity contribution in [3.8, 4) is 28.4 Å². The lowest BCUT2D eigenvalue weighted by atomic mass is 9.55. The summed E-state index contributed by atoms with van der Waals surface area (Å²) in [5, 5.41) is 24.7. The van der Waals surface area contributed by atoms with Crippen molar-refractivity contribution < 1.29 is 43.5 Å². The zero-order valence-electron chi connectivity index (χ0n) is 35.5. The van der Waals surface area contributed by atoms with Crippen molar-refractivity contribution in [2.75, 3.05) is 40.1 Å². The third-order valence-electron chi connectivity index (χ3n) is 12.6. The van der Waals surface area contributed by atoms with Crippen molar-refractivity contribution in [2.45, 2.75) is 94.7 Å². The molecule has 2 N–H and O–H groups in total. The summed E-state index contributed by atoms with van der Waals surface area (Å²) in [5.74, 6) is 0.144. The number of aliphatic hydroxyl groups is 2. The maximum Gasteiger partial charge on any atom is 0.409 e. The lowest BCUT2D eigenvalue weighted by Crippen LogP contribution is -2.69. The number of rotatable bonds is 20. The molecule has 0 aromatic heterocycles. The molecule has 1 saturated heterocycles. The van der Waals surface area contributed by atoms with E-state index >= 15 is 0 Å². The van der Waals surface area contributed by atoms with Gasteiger partial charge in [-0.1, -0.05) is 78.7 Å². The molecule has 11 heteroatoms. The van der Waals surface area contributed by atoms with Gasteiger partial charge in [0.15, 0.2) is 0 Å². The largest absolute Gasteiger partial charge is 0.459 e. The van der Waals surface area contributed by atoms with Gasteiger partial charge in [0.1, 0.15) is 23.3 Å². The van der Waals surface area contributed by atoms with E-state index in [1.54, 1.807) is 24.1 Å². The average molecular weight is 835 g/mol. The number of ether oxygens (including phenoxy) is 5. The van der Waals surface area contributed by atoms with Gasteiger partial charge in [-0.2, -0.15) is 0 Å². The van der Waals surface area contributed by atoms with Crippen LogP contribution in [0.1, 0.15) is 82.1 Å². The summed E-state index contributed by atoms with van der Waals surface area (Å²) in [6.45, 7) is 8.97. The smallest absolute Gasteiger partial charge is 0.409 e. The Kier molecular flexibility index (Phi) is 15.4. The summed E-state index contributed by atoms with van der Waals surface area (Å²) in [4.78, 5) is 21.7. The number of carbonyl (C=O) groups is 1. The van der Waals surface area contributed by atoms with Crippen molar-refractivity contribution >= 4 is 11.8 Å². The Labute approximate surface area is 360 Å². The van der Waals surface area contributed by atoms with E-state index in [0.717, 1.165) is 67.2 Å². The van der Waals surface area contributed by atoms with Gasteiger partial charge in [-0.3, -0.25) is 0 Å². The molecule has 1 amide bonds. The van der Waals surface area contributed by atoms with Crippen LogP contribution in [-0.4, -0.2) is 85.1 Å². The molecular weight excluding hydrogens is 773 g/mol. The van der Waals surface area contributed by atoms with Gasteiger partial charge in [0.2, 0.25) is 12.1 Å². The lowest BCUT2D eigenvalue weighted by molar-refractivity contribution is -0.254. The van der Waals surface area contributed by atoms with Crippen LogP contribution in [0.15, 0.2) is 115 Å². The molecule has 3 aromatic carbocycles. The molecule has 326 valence electrons. The Morgan fingerprint density at radius 1 is 0.934 bits per heavy atom. The Morgan fingerprint density at radius 2 is 1.69 bits per heavy atom. The fourth-order valence-corrected chi connectivity index (χ4v) is 9.65. The minimum Gasteiger partial charge on any atom is -0.459 e. The summed E-state index contributed by atoms with van der Waals surface area (Å²) >= 11 is 0. The predicted molar refractivity (Wildman–Crippen MR) is 236 cm³/mol. The van der Waals surface area contributed by atoms with Crippen LogP contribution in [0.4, 0.5) is 4.79 Å². The predicted octanol–water partition coefficient (Wildman–Crippen LogP) is 9.95. The number of hydrogen-bond acceptors (Lipinski definition) is 10. The standard InChI is InChI=1S/C50H62N2O9/c1-4-6-30-57-49(55)52(3)45-34-43(51-61-46-20-12-15-31-56-46)41-32-37(18-10-13-27-53)40(19-11-14-28-54)47-42-33-39(25-26-44(42)60-50(45,48(41)47)58-29-5-2)59-38-23-21-36(22-24-38)35-16-8-7-9-17-35/h4-5,7-9,16-17,21-26,32-33,37,40,45-48,53-54H,1-2,6,10-15,18-20,27-31,34H2,3H3/t37-,40+,45-,46?,47+,48+,50+/m0/s1. The summed E-state index contributed by atoms with van der Waals surface area (Å²) in [6, 6.07) is 23.6. The maximum absolute atomic E-state index is 13.9. The maximum atomic E-state index is 13.9. The van der Waals surface area contributed by atoms with Gasteiger partial charge in [0, 0.05) is 44.6 Å². The second kappa shape index (κ2) is 21.2. The van der Waals surface area contributed by atoms with Crippen LogP contribution < -0.4 is 9.47 Å². The van der Waals surface area contributed by atoms with Crippen LogP contribution in [0.2, 0.25) is 0 Å². The van der Waals surface area contributed by atoms with E-state index < -0.39 is 30.1 Å². The fourth-order valence-electron chi connectivity index (χ4n) is 9.65. The number of nitrogens with zero attached hydrogens (tertiary/aromatic N) is 2. The highest BCUT2D eigenvalue weighted by Gasteiger charge is 2.65. The van der Waals surface area contributed by atoms with Crippen LogP contribution in [0.5, 0.6) is 17.2 Å². The fraction of sp³-hybridized carbons (Fsp3) is 0.480. The van der Waals surface area contributed by atoms with E-state index in [4.69, 9.17) is 33.7 Å². The van der Waals surface area contributed by atoms with Gasteiger partial charge in [-0.25, -0.2) is 4.79 Å². The highest BCUT2D eigenvalue weighted by molar-refractivity contribution is 6.03. The molecule has 61 heavy (non-hydrogen) atoms. The van der Waals surface area contributed by atoms with Gasteiger partial charge in [0.05, 0.1) is 31.5 Å². The van der Waals surface area contributed by atoms with Crippen molar-refractivity contribution in [1.82, 2.24) is 4.90 Å². The minimum absolute atomic E-state index is 0.0706. The van der Waals surface area contributed by atoms with E-state index in [0.29, 0.717) is 48.8 Å². The molecule has 2 heterocycles. The summed E-state index contributed by atoms with van der Waals surface area (Å²) < 4.78 is 32.6. The molecular formula is C50H62N2O9. The van der Waals surface area contributed by atoms with E-state index in [1.165, 1.54) is 0 Å². The third kappa shape index (κ3) is 10.1. The third-order valence-corrected chi connectivity index (χ3v) is 12.6. The molecule has 7 rings (SSSR count). The second-order valence-corrected chi connectivity index (χ2v) is 16.5. The molecule has 0 bridgehead atoms. The molecule has 2 aliphatic heterocycles. The first-order chi connectivity index (χ1) is 29.9. The number of likely N-dealkylation sites (N-methyl/N-ethyl adjacent to an activating group) is 1. The van der Waals surface area contributed by atoms with Gasteiger partial charge >= 0.3 is 6.09 Å². The number of hydrogen-bond donors (Lipinski definition) is 2. The van der Waals surface area contributed by atoms with Crippen molar-refractivity contribution in [3.63, 3.8) is 0 Å². The first-order valence-corrected chi connectivity index (χ1v) is 22.1. The number of carbonyl (C=O) groups excluding carboxylic acids is 1. The number of oxime groups is 1. The molecule has 0 spiro atoms. The monoisotopic (exact) mass is 834 g/mol. The van der Waals surface area contributed by atoms with Gasteiger partial charge in [-0.15, -0.1) is 13.2 Å². The first kappa shape index (κ1) is 44.1. The molecule has 11 nitrogen and oxygen atoms in total. The molecule has 1 unspecified atom stereocenters. The normalized spacial score (nSPS) is 25.9. The number of fused-ring (bicyclic) bond motifs is 2. The summed E-state index contributed by atoms with van der Waals surface area (Å²) in [5.41, 5.74) is 4.86. The zero-order chi connectivity index (χ0) is 42.6. The van der Waals surface area contributed by atoms with E-state index in [2.05, 4.69) is 49.6 Å². The van der Waals surface area contributed by atoms with Crippen molar-refractivity contribution in [1.29, 1.82) is 0 Å². The number of amides is 1. The lowest BCUT2D eigenvalue weighted by Gasteiger charge is -2.59. The molecule has 3 aromatic rings. The molecule has 4 aliphatic rings. The number of allylic oxidation sites excluding steroid dienone is 1. The average Bonchev–Trinajstić information content (AvgIpc) is 3.29. The Balaban J connectivity index is 1.36. The molecule has 2 aliphatic carbocycles. The van der Waals surface area contributed by atoms with Crippen LogP contribution in [0, 0.1) is 17.8 Å². The van der Waals surface area contributed by atoms with Crippen LogP contribution in [0.3, 0.4) is 0 Å². The SMILES string of the molecule is C=CCCOC(=O)N(C)[C@H]1CC(=NOC2CCCCO2)C2=C[C@H](CCCCO)[C@@H](CCCCO)[C@@H]3c4cc(Oc5ccc(-c6ccccc6)cc5)ccc4O[C@@]1(OCC=C)[C@H]23. The Bertz CT molecular complexity index is 1980. The Morgan fingerprint density at radius 3 is 2.41 bits per heavy atom. The van der Waals surface area contributed by atoms with Gasteiger partial charge in [-0.05, 0) is 104 Å². The highest BCUT2D eigenvalue weighted by Crippen LogP contribution is 2.62. The van der Waals surface area contributed by atoms with Crippen molar-refractivity contribution in [2.24, 2.45) is 22.9 Å².